The van der Waals surface area contributed by atoms with E-state index in [9.17, 15) is 9.18 Å². The lowest BCUT2D eigenvalue weighted by molar-refractivity contribution is 0.206. The molecule has 0 aliphatic carbocycles. The molecule has 0 saturated heterocycles. The van der Waals surface area contributed by atoms with Crippen molar-refractivity contribution < 1.29 is 9.18 Å². The summed E-state index contributed by atoms with van der Waals surface area (Å²) < 4.78 is 13.1. The number of urea groups is 1. The van der Waals surface area contributed by atoms with E-state index in [1.165, 1.54) is 12.1 Å². The quantitative estimate of drug-likeness (QED) is 0.791. The lowest BCUT2D eigenvalue weighted by atomic mass is 9.98. The summed E-state index contributed by atoms with van der Waals surface area (Å²) in [6.07, 6.45) is 0.735. The second kappa shape index (κ2) is 5.44. The molecule has 0 atom stereocenters. The summed E-state index contributed by atoms with van der Waals surface area (Å²) in [5.74, 6) is -0.371. The largest absolute Gasteiger partial charge is 0.398 e. The summed E-state index contributed by atoms with van der Waals surface area (Å²) in [6.45, 7) is 1.11. The van der Waals surface area contributed by atoms with Gasteiger partial charge in [-0.3, -0.25) is 0 Å². The summed E-state index contributed by atoms with van der Waals surface area (Å²) in [5.41, 5.74) is 9.36. The van der Waals surface area contributed by atoms with Crippen molar-refractivity contribution in [3.8, 4) is 0 Å². The Kier molecular flexibility index (Phi) is 3.48. The van der Waals surface area contributed by atoms with Gasteiger partial charge >= 0.3 is 6.03 Å². The second-order valence-corrected chi connectivity index (χ2v) is 5.10. The molecule has 3 rings (SSSR count). The molecule has 108 valence electrons. The van der Waals surface area contributed by atoms with E-state index in [1.54, 1.807) is 17.0 Å². The van der Waals surface area contributed by atoms with Crippen molar-refractivity contribution in [3.05, 3.63) is 59.4 Å². The molecule has 1 aliphatic rings. The van der Waals surface area contributed by atoms with Crippen LogP contribution in [0.15, 0.2) is 42.5 Å². The number of carbonyl (C=O) groups excluding carboxylic acids is 1. The number of nitrogens with one attached hydrogen (secondary N) is 1. The Labute approximate surface area is 122 Å². The molecule has 0 bridgehead atoms. The number of nitrogen functional groups attached to an aromatic ring is 1. The summed E-state index contributed by atoms with van der Waals surface area (Å²) in [4.78, 5) is 13.9. The fourth-order valence-corrected chi connectivity index (χ4v) is 2.58. The molecule has 5 heteroatoms. The monoisotopic (exact) mass is 285 g/mol. The number of nitrogens with zero attached hydrogens (tertiary/aromatic N) is 1. The zero-order valence-electron chi connectivity index (χ0n) is 11.5. The van der Waals surface area contributed by atoms with Crippen LogP contribution < -0.4 is 11.1 Å². The van der Waals surface area contributed by atoms with Crippen LogP contribution in [0.25, 0.3) is 0 Å². The van der Waals surface area contributed by atoms with Crippen molar-refractivity contribution in [1.82, 2.24) is 4.90 Å². The molecule has 2 aromatic carbocycles. The number of halogens is 1. The van der Waals surface area contributed by atoms with Gasteiger partial charge in [-0.05, 0) is 41.8 Å². The van der Waals surface area contributed by atoms with Crippen molar-refractivity contribution in [2.45, 2.75) is 13.0 Å². The molecule has 0 aromatic heterocycles. The third kappa shape index (κ3) is 2.81. The number of rotatable bonds is 1. The maximum absolute atomic E-state index is 13.1. The fourth-order valence-electron chi connectivity index (χ4n) is 2.58. The zero-order valence-corrected chi connectivity index (χ0v) is 11.5. The minimum atomic E-state index is -0.371. The van der Waals surface area contributed by atoms with Crippen molar-refractivity contribution in [1.29, 1.82) is 0 Å². The van der Waals surface area contributed by atoms with Gasteiger partial charge < -0.3 is 16.0 Å². The van der Waals surface area contributed by atoms with Gasteiger partial charge in [-0.25, -0.2) is 9.18 Å². The van der Waals surface area contributed by atoms with Crippen LogP contribution in [0.4, 0.5) is 20.6 Å². The van der Waals surface area contributed by atoms with Crippen molar-refractivity contribution in [3.63, 3.8) is 0 Å². The van der Waals surface area contributed by atoms with E-state index in [0.29, 0.717) is 18.8 Å². The van der Waals surface area contributed by atoms with Crippen LogP contribution in [0, 0.1) is 5.82 Å². The van der Waals surface area contributed by atoms with Gasteiger partial charge in [-0.15, -0.1) is 0 Å². The predicted molar refractivity (Wildman–Crippen MR) is 80.4 cm³/mol. The normalized spacial score (nSPS) is 13.7. The van der Waals surface area contributed by atoms with Gasteiger partial charge in [0.05, 0.1) is 0 Å². The van der Waals surface area contributed by atoms with E-state index in [4.69, 9.17) is 5.73 Å². The van der Waals surface area contributed by atoms with Gasteiger partial charge in [0.1, 0.15) is 5.82 Å². The van der Waals surface area contributed by atoms with E-state index in [1.807, 2.05) is 18.2 Å². The Balaban J connectivity index is 1.72. The van der Waals surface area contributed by atoms with Crippen LogP contribution in [0.2, 0.25) is 0 Å². The first-order chi connectivity index (χ1) is 10.1. The van der Waals surface area contributed by atoms with Gasteiger partial charge in [-0.2, -0.15) is 0 Å². The van der Waals surface area contributed by atoms with Crippen LogP contribution in [0.3, 0.4) is 0 Å². The van der Waals surface area contributed by atoms with Crippen LogP contribution in [-0.4, -0.2) is 17.5 Å². The maximum Gasteiger partial charge on any atom is 0.322 e. The molecule has 3 N–H and O–H groups in total. The number of carbonyl (C=O) groups is 1. The molecule has 21 heavy (non-hydrogen) atoms. The zero-order chi connectivity index (χ0) is 14.8. The minimum Gasteiger partial charge on any atom is -0.398 e. The molecule has 0 spiro atoms. The smallest absolute Gasteiger partial charge is 0.322 e. The molecule has 0 unspecified atom stereocenters. The number of benzene rings is 2. The molecule has 2 amide bonds. The van der Waals surface area contributed by atoms with E-state index < -0.39 is 0 Å². The van der Waals surface area contributed by atoms with E-state index >= 15 is 0 Å². The van der Waals surface area contributed by atoms with Crippen molar-refractivity contribution in [2.75, 3.05) is 17.6 Å². The van der Waals surface area contributed by atoms with Gasteiger partial charge in [0.2, 0.25) is 0 Å². The van der Waals surface area contributed by atoms with Crippen LogP contribution in [0.5, 0.6) is 0 Å². The SMILES string of the molecule is Nc1cccc2c1CCN(C(=O)Nc1cccc(F)c1)C2. The average Bonchev–Trinajstić information content (AvgIpc) is 2.47. The number of hydrogen-bond donors (Lipinski definition) is 2. The summed E-state index contributed by atoms with van der Waals surface area (Å²) >= 11 is 0. The maximum atomic E-state index is 13.1. The number of hydrogen-bond acceptors (Lipinski definition) is 2. The highest BCUT2D eigenvalue weighted by atomic mass is 19.1. The molecule has 0 saturated carbocycles. The van der Waals surface area contributed by atoms with E-state index in [2.05, 4.69) is 5.32 Å². The fraction of sp³-hybridized carbons (Fsp3) is 0.188. The second-order valence-electron chi connectivity index (χ2n) is 5.10. The lowest BCUT2D eigenvalue weighted by Gasteiger charge is -2.29. The topological polar surface area (TPSA) is 58.4 Å². The van der Waals surface area contributed by atoms with Crippen LogP contribution in [0.1, 0.15) is 11.1 Å². The third-order valence-corrected chi connectivity index (χ3v) is 3.67. The summed E-state index contributed by atoms with van der Waals surface area (Å²) in [6, 6.07) is 11.4. The van der Waals surface area contributed by atoms with Crippen LogP contribution in [-0.2, 0) is 13.0 Å². The minimum absolute atomic E-state index is 0.228. The first kappa shape index (κ1) is 13.4. The van der Waals surface area contributed by atoms with Crippen molar-refractivity contribution >= 4 is 17.4 Å². The van der Waals surface area contributed by atoms with Crippen LogP contribution >= 0.6 is 0 Å². The average molecular weight is 285 g/mol. The Morgan fingerprint density at radius 3 is 2.86 bits per heavy atom. The molecular formula is C16H16FN3O. The molecule has 1 aliphatic heterocycles. The van der Waals surface area contributed by atoms with Gasteiger partial charge in [0.15, 0.2) is 0 Å². The lowest BCUT2D eigenvalue weighted by Crippen LogP contribution is -2.39. The molecule has 0 fully saturated rings. The highest BCUT2D eigenvalue weighted by Gasteiger charge is 2.21. The molecule has 2 aromatic rings. The molecule has 4 nitrogen and oxygen atoms in total. The van der Waals surface area contributed by atoms with Gasteiger partial charge in [0, 0.05) is 24.5 Å². The first-order valence-corrected chi connectivity index (χ1v) is 6.81. The Hall–Kier alpha value is -2.56. The van der Waals surface area contributed by atoms with Crippen molar-refractivity contribution in [2.24, 2.45) is 0 Å². The Morgan fingerprint density at radius 2 is 2.05 bits per heavy atom. The van der Waals surface area contributed by atoms with Gasteiger partial charge in [-0.1, -0.05) is 18.2 Å². The van der Waals surface area contributed by atoms with E-state index in [-0.39, 0.29) is 11.8 Å². The number of fused-ring (bicyclic) bond motifs is 1. The predicted octanol–water partition coefficient (Wildman–Crippen LogP) is 3.00. The standard InChI is InChI=1S/C16H16FN3O/c17-12-4-2-5-13(9-12)19-16(21)20-8-7-14-11(10-20)3-1-6-15(14)18/h1-6,9H,7-8,10,18H2,(H,19,21). The first-order valence-electron chi connectivity index (χ1n) is 6.81. The third-order valence-electron chi connectivity index (χ3n) is 3.67. The Bertz CT molecular complexity index is 687. The Morgan fingerprint density at radius 1 is 1.24 bits per heavy atom. The highest BCUT2D eigenvalue weighted by Crippen LogP contribution is 2.24. The highest BCUT2D eigenvalue weighted by molar-refractivity contribution is 5.89. The number of nitrogens with two attached hydrogens (primary N) is 1. The molecule has 1 heterocycles. The van der Waals surface area contributed by atoms with Gasteiger partial charge in [0.25, 0.3) is 0 Å². The van der Waals surface area contributed by atoms with E-state index in [0.717, 1.165) is 23.2 Å². The molecule has 0 radical (unpaired) electrons. The number of amides is 2. The summed E-state index contributed by atoms with van der Waals surface area (Å²) in [7, 11) is 0. The number of anilines is 2. The molecular weight excluding hydrogens is 269 g/mol. The summed E-state index contributed by atoms with van der Waals surface area (Å²) in [5, 5.41) is 2.71.